The molecule has 0 saturated carbocycles. The van der Waals surface area contributed by atoms with Crippen molar-refractivity contribution in [3.8, 4) is 0 Å². The molecule has 1 aromatic carbocycles. The SMILES string of the molecule is CN=C(NCc1ccc(N2CCN(C)CC2)nc1)N1CCN(C/C=C/c2ccccc2)CC1.I. The highest BCUT2D eigenvalue weighted by atomic mass is 127. The molecule has 3 heterocycles. The highest BCUT2D eigenvalue weighted by Crippen LogP contribution is 2.14. The van der Waals surface area contributed by atoms with Gasteiger partial charge in [-0.3, -0.25) is 9.89 Å². The van der Waals surface area contributed by atoms with Gasteiger partial charge in [-0.1, -0.05) is 48.6 Å². The zero-order valence-corrected chi connectivity index (χ0v) is 22.8. The summed E-state index contributed by atoms with van der Waals surface area (Å²) in [6.45, 7) is 10.1. The number of guanidine groups is 1. The van der Waals surface area contributed by atoms with E-state index in [0.717, 1.165) is 77.2 Å². The van der Waals surface area contributed by atoms with Crippen LogP contribution in [-0.4, -0.2) is 98.6 Å². The van der Waals surface area contributed by atoms with Crippen LogP contribution in [0, 0.1) is 0 Å². The summed E-state index contributed by atoms with van der Waals surface area (Å²) in [6.07, 6.45) is 6.46. The van der Waals surface area contributed by atoms with Gasteiger partial charge in [-0.05, 0) is 24.2 Å². The van der Waals surface area contributed by atoms with E-state index in [1.54, 1.807) is 0 Å². The quantitative estimate of drug-likeness (QED) is 0.325. The molecule has 8 heteroatoms. The first kappa shape index (κ1) is 26.4. The Hall–Kier alpha value is -2.17. The Morgan fingerprint density at radius 2 is 1.71 bits per heavy atom. The van der Waals surface area contributed by atoms with Crippen molar-refractivity contribution in [3.05, 3.63) is 65.9 Å². The molecular formula is C26H38IN7. The van der Waals surface area contributed by atoms with E-state index >= 15 is 0 Å². The van der Waals surface area contributed by atoms with Crippen LogP contribution in [0.15, 0.2) is 59.7 Å². The van der Waals surface area contributed by atoms with Gasteiger partial charge in [-0.2, -0.15) is 0 Å². The Balaban J connectivity index is 0.00000324. The molecule has 0 radical (unpaired) electrons. The minimum absolute atomic E-state index is 0. The Kier molecular flexibility index (Phi) is 10.6. The summed E-state index contributed by atoms with van der Waals surface area (Å²) >= 11 is 0. The van der Waals surface area contributed by atoms with Crippen LogP contribution >= 0.6 is 24.0 Å². The third kappa shape index (κ3) is 7.68. The topological polar surface area (TPSA) is 50.2 Å². The summed E-state index contributed by atoms with van der Waals surface area (Å²) in [7, 11) is 4.04. The summed E-state index contributed by atoms with van der Waals surface area (Å²) < 4.78 is 0. The molecule has 0 aliphatic carbocycles. The minimum atomic E-state index is 0. The standard InChI is InChI=1S/C26H37N7.HI/c1-27-26(29-22-24-10-11-25(28-21-24)32-17-13-30(2)14-18-32)33-19-15-31(16-20-33)12-6-9-23-7-4-3-5-8-23;/h3-11,21H,12-20,22H2,1-2H3,(H,27,29);1H/b9-6+;. The highest BCUT2D eigenvalue weighted by Gasteiger charge is 2.19. The fraction of sp³-hybridized carbons (Fsp3) is 0.462. The molecule has 0 amide bonds. The summed E-state index contributed by atoms with van der Waals surface area (Å²) in [5, 5.41) is 3.52. The van der Waals surface area contributed by atoms with E-state index in [4.69, 9.17) is 4.98 Å². The number of halogens is 1. The lowest BCUT2D eigenvalue weighted by atomic mass is 10.2. The van der Waals surface area contributed by atoms with Crippen molar-refractivity contribution >= 4 is 41.8 Å². The number of anilines is 1. The molecule has 2 fully saturated rings. The van der Waals surface area contributed by atoms with Crippen LogP contribution < -0.4 is 10.2 Å². The Labute approximate surface area is 221 Å². The lowest BCUT2D eigenvalue weighted by Crippen LogP contribution is -2.52. The van der Waals surface area contributed by atoms with Gasteiger partial charge >= 0.3 is 0 Å². The van der Waals surface area contributed by atoms with E-state index < -0.39 is 0 Å². The number of nitrogens with one attached hydrogen (secondary N) is 1. The molecule has 0 spiro atoms. The fourth-order valence-electron chi connectivity index (χ4n) is 4.30. The van der Waals surface area contributed by atoms with Gasteiger partial charge in [-0.25, -0.2) is 4.98 Å². The second-order valence-electron chi connectivity index (χ2n) is 8.82. The number of nitrogens with zero attached hydrogens (tertiary/aromatic N) is 6. The van der Waals surface area contributed by atoms with Crippen molar-refractivity contribution in [2.75, 3.05) is 77.9 Å². The maximum Gasteiger partial charge on any atom is 0.194 e. The molecule has 0 unspecified atom stereocenters. The normalized spacial score (nSPS) is 18.2. The molecule has 1 aromatic heterocycles. The maximum absolute atomic E-state index is 4.70. The van der Waals surface area contributed by atoms with Gasteiger partial charge in [0.05, 0.1) is 0 Å². The van der Waals surface area contributed by atoms with Crippen LogP contribution in [0.3, 0.4) is 0 Å². The molecule has 4 rings (SSSR count). The number of hydrogen-bond donors (Lipinski definition) is 1. The average molecular weight is 576 g/mol. The third-order valence-corrected chi connectivity index (χ3v) is 6.44. The number of benzene rings is 1. The van der Waals surface area contributed by atoms with Crippen LogP contribution in [0.4, 0.5) is 5.82 Å². The number of piperazine rings is 2. The van der Waals surface area contributed by atoms with Crippen molar-refractivity contribution in [2.24, 2.45) is 4.99 Å². The van der Waals surface area contributed by atoms with Gasteiger partial charge in [0.1, 0.15) is 5.82 Å². The monoisotopic (exact) mass is 575 g/mol. The molecule has 34 heavy (non-hydrogen) atoms. The molecule has 0 bridgehead atoms. The Morgan fingerprint density at radius 1 is 0.971 bits per heavy atom. The molecule has 7 nitrogen and oxygen atoms in total. The minimum Gasteiger partial charge on any atom is -0.354 e. The third-order valence-electron chi connectivity index (χ3n) is 6.44. The van der Waals surface area contributed by atoms with Gasteiger partial charge in [-0.15, -0.1) is 24.0 Å². The zero-order valence-electron chi connectivity index (χ0n) is 20.4. The molecule has 2 saturated heterocycles. The number of aromatic nitrogens is 1. The first-order valence-electron chi connectivity index (χ1n) is 12.0. The van der Waals surface area contributed by atoms with Crippen LogP contribution in [0.2, 0.25) is 0 Å². The van der Waals surface area contributed by atoms with E-state index in [0.29, 0.717) is 0 Å². The number of likely N-dealkylation sites (N-methyl/N-ethyl adjacent to an activating group) is 1. The average Bonchev–Trinajstić information content (AvgIpc) is 2.87. The zero-order chi connectivity index (χ0) is 22.9. The lowest BCUT2D eigenvalue weighted by Gasteiger charge is -2.36. The van der Waals surface area contributed by atoms with Gasteiger partial charge in [0.25, 0.3) is 0 Å². The summed E-state index contributed by atoms with van der Waals surface area (Å²) in [5.74, 6) is 2.05. The first-order valence-corrected chi connectivity index (χ1v) is 12.0. The summed E-state index contributed by atoms with van der Waals surface area (Å²) in [4.78, 5) is 18.8. The number of rotatable bonds is 6. The number of hydrogen-bond acceptors (Lipinski definition) is 5. The fourth-order valence-corrected chi connectivity index (χ4v) is 4.30. The molecule has 2 aliphatic heterocycles. The Morgan fingerprint density at radius 3 is 2.35 bits per heavy atom. The summed E-state index contributed by atoms with van der Waals surface area (Å²) in [6, 6.07) is 14.8. The smallest absolute Gasteiger partial charge is 0.194 e. The van der Waals surface area contributed by atoms with E-state index in [2.05, 4.69) is 91.6 Å². The van der Waals surface area contributed by atoms with Crippen molar-refractivity contribution < 1.29 is 0 Å². The molecule has 184 valence electrons. The predicted octanol–water partition coefficient (Wildman–Crippen LogP) is 2.86. The molecule has 2 aliphatic rings. The molecule has 2 aromatic rings. The first-order chi connectivity index (χ1) is 16.2. The van der Waals surface area contributed by atoms with Crippen molar-refractivity contribution in [1.29, 1.82) is 0 Å². The second-order valence-corrected chi connectivity index (χ2v) is 8.82. The van der Waals surface area contributed by atoms with Crippen molar-refractivity contribution in [3.63, 3.8) is 0 Å². The molecule has 1 N–H and O–H groups in total. The van der Waals surface area contributed by atoms with Crippen molar-refractivity contribution in [2.45, 2.75) is 6.54 Å². The van der Waals surface area contributed by atoms with E-state index in [-0.39, 0.29) is 24.0 Å². The van der Waals surface area contributed by atoms with Crippen molar-refractivity contribution in [1.82, 2.24) is 25.0 Å². The molecular weight excluding hydrogens is 537 g/mol. The summed E-state index contributed by atoms with van der Waals surface area (Å²) in [5.41, 5.74) is 2.44. The van der Waals surface area contributed by atoms with E-state index in [1.165, 1.54) is 11.1 Å². The van der Waals surface area contributed by atoms with Crippen LogP contribution in [0.25, 0.3) is 6.08 Å². The van der Waals surface area contributed by atoms with Gasteiger partial charge in [0.2, 0.25) is 0 Å². The predicted molar refractivity (Wildman–Crippen MR) is 153 cm³/mol. The number of aliphatic imine (C=N–C) groups is 1. The maximum atomic E-state index is 4.70. The highest BCUT2D eigenvalue weighted by molar-refractivity contribution is 14.0. The van der Waals surface area contributed by atoms with Gasteiger partial charge in [0.15, 0.2) is 5.96 Å². The van der Waals surface area contributed by atoms with E-state index in [9.17, 15) is 0 Å². The number of pyridine rings is 1. The van der Waals surface area contributed by atoms with Crippen LogP contribution in [0.5, 0.6) is 0 Å². The second kappa shape index (κ2) is 13.7. The van der Waals surface area contributed by atoms with Gasteiger partial charge in [0, 0.05) is 78.7 Å². The van der Waals surface area contributed by atoms with Crippen LogP contribution in [-0.2, 0) is 6.54 Å². The largest absolute Gasteiger partial charge is 0.354 e. The van der Waals surface area contributed by atoms with Crippen LogP contribution in [0.1, 0.15) is 11.1 Å². The lowest BCUT2D eigenvalue weighted by molar-refractivity contribution is 0.194. The molecule has 0 atom stereocenters. The van der Waals surface area contributed by atoms with E-state index in [1.807, 2.05) is 13.2 Å². The Bertz CT molecular complexity index is 901. The van der Waals surface area contributed by atoms with Gasteiger partial charge < -0.3 is 20.0 Å².